The summed E-state index contributed by atoms with van der Waals surface area (Å²) in [6, 6.07) is 5.37. The van der Waals surface area contributed by atoms with E-state index < -0.39 is 0 Å². The lowest BCUT2D eigenvalue weighted by molar-refractivity contribution is 0.0984. The Balaban J connectivity index is 2.54. The van der Waals surface area contributed by atoms with Gasteiger partial charge in [0.15, 0.2) is 5.78 Å². The standard InChI is InChI=1S/C9H8BNO/c10-6-1-2-8-7(5-6)9(12)3-4-11-8/h1-2,5,11H,3-4H2. The van der Waals surface area contributed by atoms with E-state index in [9.17, 15) is 4.79 Å². The molecule has 0 saturated heterocycles. The summed E-state index contributed by atoms with van der Waals surface area (Å²) in [5.74, 6) is 0.177. The maximum atomic E-state index is 11.3. The summed E-state index contributed by atoms with van der Waals surface area (Å²) >= 11 is 0. The van der Waals surface area contributed by atoms with Crippen molar-refractivity contribution in [3.8, 4) is 0 Å². The maximum Gasteiger partial charge on any atom is 0.166 e. The molecule has 0 amide bonds. The zero-order valence-electron chi connectivity index (χ0n) is 6.63. The lowest BCUT2D eigenvalue weighted by atomic mass is 9.90. The Morgan fingerprint density at radius 1 is 1.42 bits per heavy atom. The molecule has 1 aliphatic rings. The highest BCUT2D eigenvalue weighted by Gasteiger charge is 2.15. The minimum atomic E-state index is 0.177. The number of benzene rings is 1. The Morgan fingerprint density at radius 2 is 2.25 bits per heavy atom. The van der Waals surface area contributed by atoms with Crippen LogP contribution in [0.25, 0.3) is 0 Å². The van der Waals surface area contributed by atoms with E-state index in [0.29, 0.717) is 11.9 Å². The fourth-order valence-corrected chi connectivity index (χ4v) is 1.39. The van der Waals surface area contributed by atoms with E-state index in [1.54, 1.807) is 12.1 Å². The number of Topliss-reactive ketones (excluding diaryl/α,β-unsaturated/α-hetero) is 1. The van der Waals surface area contributed by atoms with E-state index >= 15 is 0 Å². The van der Waals surface area contributed by atoms with Crippen LogP contribution in [0.15, 0.2) is 18.2 Å². The highest BCUT2D eigenvalue weighted by Crippen LogP contribution is 2.19. The molecule has 1 aliphatic heterocycles. The van der Waals surface area contributed by atoms with Crippen LogP contribution < -0.4 is 10.8 Å². The molecule has 0 atom stereocenters. The van der Waals surface area contributed by atoms with E-state index in [1.807, 2.05) is 6.07 Å². The van der Waals surface area contributed by atoms with Gasteiger partial charge in [0.05, 0.1) is 0 Å². The van der Waals surface area contributed by atoms with Gasteiger partial charge in [-0.15, -0.1) is 0 Å². The summed E-state index contributed by atoms with van der Waals surface area (Å²) in [5, 5.41) is 3.14. The molecule has 0 spiro atoms. The summed E-state index contributed by atoms with van der Waals surface area (Å²) < 4.78 is 0. The molecule has 58 valence electrons. The maximum absolute atomic E-state index is 11.3. The second-order valence-corrected chi connectivity index (χ2v) is 2.90. The normalized spacial score (nSPS) is 15.2. The van der Waals surface area contributed by atoms with Gasteiger partial charge in [0, 0.05) is 24.2 Å². The molecule has 0 saturated carbocycles. The van der Waals surface area contributed by atoms with Crippen LogP contribution in [0.2, 0.25) is 0 Å². The summed E-state index contributed by atoms with van der Waals surface area (Å²) in [7, 11) is 5.56. The lowest BCUT2D eigenvalue weighted by Gasteiger charge is -2.16. The molecule has 1 aromatic rings. The largest absolute Gasteiger partial charge is 0.384 e. The molecule has 1 N–H and O–H groups in total. The molecule has 2 radical (unpaired) electrons. The fourth-order valence-electron chi connectivity index (χ4n) is 1.39. The van der Waals surface area contributed by atoms with Gasteiger partial charge in [-0.2, -0.15) is 0 Å². The molecule has 0 fully saturated rings. The Kier molecular flexibility index (Phi) is 1.64. The third-order valence-electron chi connectivity index (χ3n) is 2.01. The van der Waals surface area contributed by atoms with Gasteiger partial charge in [-0.1, -0.05) is 17.6 Å². The third kappa shape index (κ3) is 1.11. The van der Waals surface area contributed by atoms with Crippen LogP contribution in [0, 0.1) is 0 Å². The van der Waals surface area contributed by atoms with Crippen LogP contribution in [0.5, 0.6) is 0 Å². The predicted octanol–water partition coefficient (Wildman–Crippen LogP) is 0.479. The molecule has 0 aromatic heterocycles. The van der Waals surface area contributed by atoms with Crippen molar-refractivity contribution in [2.75, 3.05) is 11.9 Å². The van der Waals surface area contributed by atoms with Gasteiger partial charge in [-0.05, 0) is 6.07 Å². The van der Waals surface area contributed by atoms with Gasteiger partial charge in [0.1, 0.15) is 7.85 Å². The number of nitrogens with one attached hydrogen (secondary N) is 1. The lowest BCUT2D eigenvalue weighted by Crippen LogP contribution is -2.20. The Labute approximate surface area is 72.4 Å². The number of carbonyl (C=O) groups is 1. The highest BCUT2D eigenvalue weighted by atomic mass is 16.1. The number of anilines is 1. The van der Waals surface area contributed by atoms with Crippen molar-refractivity contribution in [3.05, 3.63) is 23.8 Å². The quantitative estimate of drug-likeness (QED) is 0.555. The third-order valence-corrected chi connectivity index (χ3v) is 2.01. The van der Waals surface area contributed by atoms with Crippen molar-refractivity contribution in [2.45, 2.75) is 6.42 Å². The summed E-state index contributed by atoms with van der Waals surface area (Å²) in [5.41, 5.74) is 2.27. The molecule has 0 unspecified atom stereocenters. The molecule has 0 bridgehead atoms. The van der Waals surface area contributed by atoms with E-state index in [4.69, 9.17) is 7.85 Å². The summed E-state index contributed by atoms with van der Waals surface area (Å²) in [4.78, 5) is 11.3. The predicted molar refractivity (Wildman–Crippen MR) is 49.3 cm³/mol. The summed E-state index contributed by atoms with van der Waals surface area (Å²) in [6.45, 7) is 0.732. The minimum absolute atomic E-state index is 0.177. The van der Waals surface area contributed by atoms with E-state index in [1.165, 1.54) is 0 Å². The van der Waals surface area contributed by atoms with Gasteiger partial charge in [-0.3, -0.25) is 4.79 Å². The topological polar surface area (TPSA) is 29.1 Å². The van der Waals surface area contributed by atoms with Crippen LogP contribution in [0.3, 0.4) is 0 Å². The monoisotopic (exact) mass is 157 g/mol. The average molecular weight is 157 g/mol. The SMILES string of the molecule is [B]c1ccc2c(c1)C(=O)CCN2. The van der Waals surface area contributed by atoms with Crippen LogP contribution in [-0.4, -0.2) is 20.2 Å². The van der Waals surface area contributed by atoms with E-state index in [2.05, 4.69) is 5.32 Å². The second-order valence-electron chi connectivity index (χ2n) is 2.90. The Bertz CT molecular complexity index is 335. The summed E-state index contributed by atoms with van der Waals surface area (Å²) in [6.07, 6.45) is 0.566. The van der Waals surface area contributed by atoms with Gasteiger partial charge in [-0.25, -0.2) is 0 Å². The molecule has 2 nitrogen and oxygen atoms in total. The number of ketones is 1. The first-order valence-electron chi connectivity index (χ1n) is 3.94. The van der Waals surface area contributed by atoms with Crippen LogP contribution in [-0.2, 0) is 0 Å². The number of rotatable bonds is 0. The van der Waals surface area contributed by atoms with Gasteiger partial charge in [0.25, 0.3) is 0 Å². The van der Waals surface area contributed by atoms with Crippen LogP contribution >= 0.6 is 0 Å². The number of hydrogen-bond donors (Lipinski definition) is 1. The molecular weight excluding hydrogens is 149 g/mol. The zero-order chi connectivity index (χ0) is 8.55. The highest BCUT2D eigenvalue weighted by molar-refractivity contribution is 6.33. The van der Waals surface area contributed by atoms with Crippen molar-refractivity contribution in [2.24, 2.45) is 0 Å². The number of carbonyl (C=O) groups excluding carboxylic acids is 1. The molecule has 2 rings (SSSR count). The van der Waals surface area contributed by atoms with Gasteiger partial charge < -0.3 is 5.32 Å². The number of fused-ring (bicyclic) bond motifs is 1. The van der Waals surface area contributed by atoms with Crippen molar-refractivity contribution in [1.29, 1.82) is 0 Å². The van der Waals surface area contributed by atoms with Crippen LogP contribution in [0.1, 0.15) is 16.8 Å². The van der Waals surface area contributed by atoms with E-state index in [-0.39, 0.29) is 5.78 Å². The molecular formula is C9H8BNO. The molecule has 1 aromatic carbocycles. The average Bonchev–Trinajstić information content (AvgIpc) is 2.07. The van der Waals surface area contributed by atoms with Crippen LogP contribution in [0.4, 0.5) is 5.69 Å². The molecule has 0 aliphatic carbocycles. The Hall–Kier alpha value is -1.25. The molecule has 12 heavy (non-hydrogen) atoms. The number of hydrogen-bond acceptors (Lipinski definition) is 2. The van der Waals surface area contributed by atoms with Crippen molar-refractivity contribution in [1.82, 2.24) is 0 Å². The second kappa shape index (κ2) is 2.66. The Morgan fingerprint density at radius 3 is 3.08 bits per heavy atom. The van der Waals surface area contributed by atoms with Crippen molar-refractivity contribution >= 4 is 24.8 Å². The smallest absolute Gasteiger partial charge is 0.166 e. The first-order chi connectivity index (χ1) is 5.77. The van der Waals surface area contributed by atoms with Crippen molar-refractivity contribution in [3.63, 3.8) is 0 Å². The molecule has 1 heterocycles. The first kappa shape index (κ1) is 7.41. The van der Waals surface area contributed by atoms with Gasteiger partial charge in [0.2, 0.25) is 0 Å². The van der Waals surface area contributed by atoms with Crippen molar-refractivity contribution < 1.29 is 4.79 Å². The minimum Gasteiger partial charge on any atom is -0.384 e. The van der Waals surface area contributed by atoms with E-state index in [0.717, 1.165) is 17.8 Å². The zero-order valence-corrected chi connectivity index (χ0v) is 6.63. The molecule has 3 heteroatoms. The first-order valence-corrected chi connectivity index (χ1v) is 3.94. The fraction of sp³-hybridized carbons (Fsp3) is 0.222. The van der Waals surface area contributed by atoms with Gasteiger partial charge >= 0.3 is 0 Å².